The van der Waals surface area contributed by atoms with E-state index in [4.69, 9.17) is 10.5 Å². The molecule has 140 valence electrons. The zero-order chi connectivity index (χ0) is 19.0. The predicted octanol–water partition coefficient (Wildman–Crippen LogP) is 3.20. The Hall–Kier alpha value is -1.60. The number of nitrogens with zero attached hydrogens (tertiary/aromatic N) is 1. The number of amides is 1. The minimum Gasteiger partial charge on any atom is -0.378 e. The van der Waals surface area contributed by atoms with Crippen LogP contribution in [0.4, 0.5) is 13.2 Å². The SMILES string of the molecule is CCOC1CC(N)(C(=O)N(C)Cc2cccc(C(F)(F)F)c2)C1(C)C. The molecular formula is C18H25F3N2O2. The highest BCUT2D eigenvalue weighted by Gasteiger charge is 2.63. The van der Waals surface area contributed by atoms with Crippen LogP contribution in [0.15, 0.2) is 24.3 Å². The van der Waals surface area contributed by atoms with E-state index in [1.54, 1.807) is 13.1 Å². The number of rotatable bonds is 5. The van der Waals surface area contributed by atoms with Crippen molar-refractivity contribution in [3.8, 4) is 0 Å². The molecule has 4 nitrogen and oxygen atoms in total. The molecular weight excluding hydrogens is 333 g/mol. The zero-order valence-corrected chi connectivity index (χ0v) is 15.0. The summed E-state index contributed by atoms with van der Waals surface area (Å²) < 4.78 is 44.1. The van der Waals surface area contributed by atoms with Crippen molar-refractivity contribution in [1.82, 2.24) is 4.90 Å². The quantitative estimate of drug-likeness (QED) is 0.879. The Labute approximate surface area is 146 Å². The van der Waals surface area contributed by atoms with Crippen LogP contribution >= 0.6 is 0 Å². The van der Waals surface area contributed by atoms with Gasteiger partial charge in [0, 0.05) is 32.0 Å². The van der Waals surface area contributed by atoms with Gasteiger partial charge in [-0.15, -0.1) is 0 Å². The average Bonchev–Trinajstić information content (AvgIpc) is 2.53. The number of benzene rings is 1. The van der Waals surface area contributed by atoms with Gasteiger partial charge in [0.15, 0.2) is 0 Å². The van der Waals surface area contributed by atoms with E-state index >= 15 is 0 Å². The molecule has 2 N–H and O–H groups in total. The minimum absolute atomic E-state index is 0.0666. The number of likely N-dealkylation sites (N-methyl/N-ethyl adjacent to an activating group) is 1. The molecule has 1 aliphatic rings. The van der Waals surface area contributed by atoms with Gasteiger partial charge in [-0.25, -0.2) is 0 Å². The maximum atomic E-state index is 12.8. The first-order valence-corrected chi connectivity index (χ1v) is 8.25. The Kier molecular flexibility index (Phi) is 5.21. The minimum atomic E-state index is -4.41. The van der Waals surface area contributed by atoms with Crippen LogP contribution in [0.1, 0.15) is 38.3 Å². The van der Waals surface area contributed by atoms with Crippen molar-refractivity contribution in [2.75, 3.05) is 13.7 Å². The van der Waals surface area contributed by atoms with Crippen molar-refractivity contribution >= 4 is 5.91 Å². The topological polar surface area (TPSA) is 55.6 Å². The lowest BCUT2D eigenvalue weighted by molar-refractivity contribution is -0.178. The van der Waals surface area contributed by atoms with Crippen molar-refractivity contribution in [3.05, 3.63) is 35.4 Å². The van der Waals surface area contributed by atoms with Crippen LogP contribution in [0.3, 0.4) is 0 Å². The second-order valence-corrected chi connectivity index (χ2v) is 7.20. The van der Waals surface area contributed by atoms with E-state index in [1.807, 2.05) is 20.8 Å². The normalized spacial score (nSPS) is 25.4. The zero-order valence-electron chi connectivity index (χ0n) is 15.0. The highest BCUT2D eigenvalue weighted by atomic mass is 19.4. The molecule has 1 aliphatic carbocycles. The van der Waals surface area contributed by atoms with E-state index in [1.165, 1.54) is 11.0 Å². The Morgan fingerprint density at radius 3 is 2.56 bits per heavy atom. The van der Waals surface area contributed by atoms with Crippen molar-refractivity contribution in [2.45, 2.75) is 51.6 Å². The molecule has 25 heavy (non-hydrogen) atoms. The molecule has 2 rings (SSSR count). The van der Waals surface area contributed by atoms with Crippen LogP contribution in [0, 0.1) is 5.41 Å². The molecule has 0 heterocycles. The van der Waals surface area contributed by atoms with E-state index in [2.05, 4.69) is 0 Å². The molecule has 0 aliphatic heterocycles. The molecule has 1 saturated carbocycles. The van der Waals surface area contributed by atoms with Gasteiger partial charge in [0.25, 0.3) is 0 Å². The smallest absolute Gasteiger partial charge is 0.378 e. The summed E-state index contributed by atoms with van der Waals surface area (Å²) in [5, 5.41) is 0. The molecule has 0 aromatic heterocycles. The van der Waals surface area contributed by atoms with Gasteiger partial charge < -0.3 is 15.4 Å². The van der Waals surface area contributed by atoms with Crippen molar-refractivity contribution in [1.29, 1.82) is 0 Å². The van der Waals surface area contributed by atoms with Crippen LogP contribution < -0.4 is 5.73 Å². The third-order valence-corrected chi connectivity index (χ3v) is 5.23. The summed E-state index contributed by atoms with van der Waals surface area (Å²) in [7, 11) is 1.56. The molecule has 2 atom stereocenters. The van der Waals surface area contributed by atoms with E-state index in [0.29, 0.717) is 18.6 Å². The number of hydrogen-bond donors (Lipinski definition) is 1. The number of nitrogens with two attached hydrogens (primary N) is 1. The molecule has 0 bridgehead atoms. The van der Waals surface area contributed by atoms with Gasteiger partial charge in [-0.1, -0.05) is 26.0 Å². The largest absolute Gasteiger partial charge is 0.416 e. The number of halogens is 3. The molecule has 1 aromatic carbocycles. The fourth-order valence-electron chi connectivity index (χ4n) is 3.33. The van der Waals surface area contributed by atoms with Crippen LogP contribution in [0.2, 0.25) is 0 Å². The fraction of sp³-hybridized carbons (Fsp3) is 0.611. The second-order valence-electron chi connectivity index (χ2n) is 7.20. The molecule has 0 saturated heterocycles. The Morgan fingerprint density at radius 2 is 2.04 bits per heavy atom. The predicted molar refractivity (Wildman–Crippen MR) is 88.6 cm³/mol. The number of hydrogen-bond acceptors (Lipinski definition) is 3. The van der Waals surface area contributed by atoms with Crippen LogP contribution in [-0.2, 0) is 22.3 Å². The standard InChI is InChI=1S/C18H25F3N2O2/c1-5-25-14-10-17(22,16(14,2)3)15(24)23(4)11-12-7-6-8-13(9-12)18(19,20)21/h6-9,14H,5,10-11,22H2,1-4H3. The van der Waals surface area contributed by atoms with E-state index in [0.717, 1.165) is 12.1 Å². The van der Waals surface area contributed by atoms with Gasteiger partial charge in [-0.3, -0.25) is 4.79 Å². The molecule has 7 heteroatoms. The number of carbonyl (C=O) groups excluding carboxylic acids is 1. The number of ether oxygens (including phenoxy) is 1. The molecule has 2 unspecified atom stereocenters. The van der Waals surface area contributed by atoms with Gasteiger partial charge in [0.1, 0.15) is 5.54 Å². The summed E-state index contributed by atoms with van der Waals surface area (Å²) in [5.74, 6) is -0.286. The van der Waals surface area contributed by atoms with Gasteiger partial charge in [0.2, 0.25) is 5.91 Å². The Bertz CT molecular complexity index is 645. The summed E-state index contributed by atoms with van der Waals surface area (Å²) >= 11 is 0. The monoisotopic (exact) mass is 358 g/mol. The molecule has 0 radical (unpaired) electrons. The average molecular weight is 358 g/mol. The third kappa shape index (κ3) is 3.53. The first kappa shape index (κ1) is 19.7. The summed E-state index contributed by atoms with van der Waals surface area (Å²) in [6, 6.07) is 4.98. The molecule has 0 spiro atoms. The van der Waals surface area contributed by atoms with Crippen molar-refractivity contribution in [3.63, 3.8) is 0 Å². The summed E-state index contributed by atoms with van der Waals surface area (Å²) in [5.41, 5.74) is 4.41. The lowest BCUT2D eigenvalue weighted by Crippen LogP contribution is -2.75. The van der Waals surface area contributed by atoms with Crippen molar-refractivity contribution < 1.29 is 22.7 Å². The van der Waals surface area contributed by atoms with E-state index in [9.17, 15) is 18.0 Å². The first-order valence-electron chi connectivity index (χ1n) is 8.25. The maximum absolute atomic E-state index is 12.8. The van der Waals surface area contributed by atoms with Crippen LogP contribution in [0.5, 0.6) is 0 Å². The molecule has 1 fully saturated rings. The lowest BCUT2D eigenvalue weighted by atomic mass is 9.54. The summed E-state index contributed by atoms with van der Waals surface area (Å²) in [4.78, 5) is 14.2. The van der Waals surface area contributed by atoms with Crippen LogP contribution in [0.25, 0.3) is 0 Å². The van der Waals surface area contributed by atoms with E-state index < -0.39 is 22.7 Å². The highest BCUT2D eigenvalue weighted by Crippen LogP contribution is 2.50. The molecule has 1 amide bonds. The number of carbonyl (C=O) groups is 1. The van der Waals surface area contributed by atoms with Gasteiger partial charge in [-0.2, -0.15) is 13.2 Å². The lowest BCUT2D eigenvalue weighted by Gasteiger charge is -2.58. The van der Waals surface area contributed by atoms with Crippen molar-refractivity contribution in [2.24, 2.45) is 11.1 Å². The van der Waals surface area contributed by atoms with Gasteiger partial charge in [-0.05, 0) is 24.6 Å². The fourth-order valence-corrected chi connectivity index (χ4v) is 3.33. The first-order chi connectivity index (χ1) is 11.4. The third-order valence-electron chi connectivity index (χ3n) is 5.23. The Balaban J connectivity index is 2.11. The number of alkyl halides is 3. The highest BCUT2D eigenvalue weighted by molar-refractivity contribution is 5.88. The maximum Gasteiger partial charge on any atom is 0.416 e. The van der Waals surface area contributed by atoms with E-state index in [-0.39, 0.29) is 18.6 Å². The van der Waals surface area contributed by atoms with Crippen LogP contribution in [-0.4, -0.2) is 36.1 Å². The summed E-state index contributed by atoms with van der Waals surface area (Å²) in [6.07, 6.45) is -4.11. The Morgan fingerprint density at radius 1 is 1.40 bits per heavy atom. The summed E-state index contributed by atoms with van der Waals surface area (Å²) in [6.45, 7) is 6.25. The van der Waals surface area contributed by atoms with Gasteiger partial charge in [0.05, 0.1) is 11.7 Å². The van der Waals surface area contributed by atoms with Gasteiger partial charge >= 0.3 is 6.18 Å². The second kappa shape index (κ2) is 6.61. The molecule has 1 aromatic rings.